The molecule has 4 rings (SSSR count). The van der Waals surface area contributed by atoms with Gasteiger partial charge in [0.25, 0.3) is 0 Å². The van der Waals surface area contributed by atoms with Crippen molar-refractivity contribution in [3.63, 3.8) is 0 Å². The van der Waals surface area contributed by atoms with Crippen molar-refractivity contribution in [2.75, 3.05) is 12.4 Å². The van der Waals surface area contributed by atoms with E-state index in [4.69, 9.17) is 9.15 Å². The Hall–Kier alpha value is -3.13. The van der Waals surface area contributed by atoms with E-state index < -0.39 is 0 Å². The maximum Gasteiger partial charge on any atom is 0.192 e. The summed E-state index contributed by atoms with van der Waals surface area (Å²) >= 11 is 1.49. The Morgan fingerprint density at radius 1 is 1.07 bits per heavy atom. The number of rotatable bonds is 8. The quantitative estimate of drug-likeness (QED) is 0.327. The lowest BCUT2D eigenvalue weighted by Crippen LogP contribution is -2.06. The number of nitrogens with zero attached hydrogens (tertiary/aromatic N) is 4. The van der Waals surface area contributed by atoms with Crippen LogP contribution in [0.2, 0.25) is 0 Å². The Morgan fingerprint density at radius 2 is 2.00 bits per heavy atom. The van der Waals surface area contributed by atoms with Crippen molar-refractivity contribution in [1.82, 2.24) is 19.7 Å². The molecule has 0 saturated carbocycles. The van der Waals surface area contributed by atoms with Gasteiger partial charge in [0.2, 0.25) is 0 Å². The number of hydrogen-bond donors (Lipinski definition) is 0. The number of para-hydroxylation sites is 1. The molecule has 0 amide bonds. The third-order valence-corrected chi connectivity index (χ3v) is 4.87. The van der Waals surface area contributed by atoms with Crippen molar-refractivity contribution in [1.29, 1.82) is 0 Å². The topological polar surface area (TPSA) is 66.0 Å². The van der Waals surface area contributed by atoms with Gasteiger partial charge in [-0.15, -0.1) is 10.2 Å². The van der Waals surface area contributed by atoms with Gasteiger partial charge in [0.15, 0.2) is 22.5 Å². The van der Waals surface area contributed by atoms with Crippen molar-refractivity contribution >= 4 is 11.8 Å². The van der Waals surface area contributed by atoms with Crippen LogP contribution in [0.5, 0.6) is 5.75 Å². The van der Waals surface area contributed by atoms with Crippen molar-refractivity contribution in [2.45, 2.75) is 11.7 Å². The molecule has 142 valence electrons. The first kappa shape index (κ1) is 18.2. The minimum Gasteiger partial charge on any atom is -0.490 e. The summed E-state index contributed by atoms with van der Waals surface area (Å²) in [6, 6.07) is 13.9. The third-order valence-electron chi connectivity index (χ3n) is 3.94. The Kier molecular flexibility index (Phi) is 5.67. The zero-order chi connectivity index (χ0) is 19.2. The molecule has 3 heterocycles. The summed E-state index contributed by atoms with van der Waals surface area (Å²) in [6.45, 7) is 0.849. The second-order valence-electron chi connectivity index (χ2n) is 5.84. The zero-order valence-corrected chi connectivity index (χ0v) is 15.7. The SMILES string of the molecule is Fc1ccccc1OCCSc1nnc(-c2cccnc2)n1Cc1ccco1. The van der Waals surface area contributed by atoms with Crippen LogP contribution in [0.15, 0.2) is 76.8 Å². The normalized spacial score (nSPS) is 10.9. The van der Waals surface area contributed by atoms with Gasteiger partial charge < -0.3 is 9.15 Å². The first-order valence-corrected chi connectivity index (χ1v) is 9.66. The molecular formula is C20H17FN4O2S. The van der Waals surface area contributed by atoms with Crippen molar-refractivity contribution in [2.24, 2.45) is 0 Å². The van der Waals surface area contributed by atoms with Gasteiger partial charge in [0, 0.05) is 23.7 Å². The summed E-state index contributed by atoms with van der Waals surface area (Å²) in [5, 5.41) is 9.37. The third kappa shape index (κ3) is 4.23. The Balaban J connectivity index is 1.48. The fourth-order valence-corrected chi connectivity index (χ4v) is 3.41. The van der Waals surface area contributed by atoms with E-state index >= 15 is 0 Å². The number of ether oxygens (including phenoxy) is 1. The summed E-state index contributed by atoms with van der Waals surface area (Å²) in [4.78, 5) is 4.16. The van der Waals surface area contributed by atoms with E-state index in [-0.39, 0.29) is 11.6 Å². The molecule has 0 aliphatic rings. The smallest absolute Gasteiger partial charge is 0.192 e. The Morgan fingerprint density at radius 3 is 2.79 bits per heavy atom. The second kappa shape index (κ2) is 8.71. The van der Waals surface area contributed by atoms with Crippen LogP contribution in [0.25, 0.3) is 11.4 Å². The standard InChI is InChI=1S/C20H17FN4O2S/c21-17-7-1-2-8-18(17)27-11-12-28-20-24-23-19(15-5-3-9-22-13-15)25(20)14-16-6-4-10-26-16/h1-10,13H,11-12,14H2. The molecule has 0 radical (unpaired) electrons. The van der Waals surface area contributed by atoms with E-state index in [1.165, 1.54) is 17.8 Å². The van der Waals surface area contributed by atoms with E-state index in [9.17, 15) is 4.39 Å². The van der Waals surface area contributed by atoms with Crippen LogP contribution in [-0.2, 0) is 6.54 Å². The van der Waals surface area contributed by atoms with Gasteiger partial charge >= 0.3 is 0 Å². The minimum atomic E-state index is -0.368. The molecule has 0 aliphatic carbocycles. The highest BCUT2D eigenvalue weighted by molar-refractivity contribution is 7.99. The van der Waals surface area contributed by atoms with Crippen molar-refractivity contribution < 1.29 is 13.5 Å². The highest BCUT2D eigenvalue weighted by Gasteiger charge is 2.16. The molecule has 0 aliphatic heterocycles. The Labute approximate surface area is 165 Å². The molecule has 8 heteroatoms. The molecule has 0 saturated heterocycles. The lowest BCUT2D eigenvalue weighted by atomic mass is 10.2. The molecule has 0 unspecified atom stereocenters. The molecule has 4 aromatic rings. The first-order valence-electron chi connectivity index (χ1n) is 8.67. The fourth-order valence-electron chi connectivity index (χ4n) is 2.65. The van der Waals surface area contributed by atoms with Crippen LogP contribution in [0.4, 0.5) is 4.39 Å². The second-order valence-corrected chi connectivity index (χ2v) is 6.90. The van der Waals surface area contributed by atoms with Crippen LogP contribution in [0.1, 0.15) is 5.76 Å². The van der Waals surface area contributed by atoms with Gasteiger partial charge in [-0.2, -0.15) is 0 Å². The van der Waals surface area contributed by atoms with E-state index in [1.54, 1.807) is 36.9 Å². The van der Waals surface area contributed by atoms with Gasteiger partial charge in [-0.05, 0) is 36.4 Å². The molecule has 0 spiro atoms. The predicted octanol–water partition coefficient (Wildman–Crippen LogP) is 4.29. The molecule has 0 fully saturated rings. The van der Waals surface area contributed by atoms with Crippen molar-refractivity contribution in [3.8, 4) is 17.1 Å². The number of benzene rings is 1. The maximum atomic E-state index is 13.6. The molecule has 0 bridgehead atoms. The van der Waals surface area contributed by atoms with Gasteiger partial charge in [-0.1, -0.05) is 23.9 Å². The van der Waals surface area contributed by atoms with Crippen LogP contribution < -0.4 is 4.74 Å². The number of halogens is 1. The van der Waals surface area contributed by atoms with E-state index in [0.29, 0.717) is 24.7 Å². The van der Waals surface area contributed by atoms with Crippen molar-refractivity contribution in [3.05, 3.63) is 78.8 Å². The Bertz CT molecular complexity index is 1020. The van der Waals surface area contributed by atoms with Gasteiger partial charge in [-0.25, -0.2) is 4.39 Å². The van der Waals surface area contributed by atoms with Crippen LogP contribution >= 0.6 is 11.8 Å². The van der Waals surface area contributed by atoms with Gasteiger partial charge in [0.1, 0.15) is 5.76 Å². The summed E-state index contributed by atoms with van der Waals surface area (Å²) < 4.78 is 26.6. The highest BCUT2D eigenvalue weighted by atomic mass is 32.2. The van der Waals surface area contributed by atoms with Gasteiger partial charge in [0.05, 0.1) is 19.4 Å². The average molecular weight is 396 g/mol. The van der Waals surface area contributed by atoms with E-state index in [2.05, 4.69) is 15.2 Å². The number of furan rings is 1. The predicted molar refractivity (Wildman–Crippen MR) is 104 cm³/mol. The molecular weight excluding hydrogens is 379 g/mol. The van der Waals surface area contributed by atoms with E-state index in [0.717, 1.165) is 16.5 Å². The number of thioether (sulfide) groups is 1. The summed E-state index contributed by atoms with van der Waals surface area (Å²) in [7, 11) is 0. The molecule has 0 N–H and O–H groups in total. The average Bonchev–Trinajstić information content (AvgIpc) is 3.38. The monoisotopic (exact) mass is 396 g/mol. The number of hydrogen-bond acceptors (Lipinski definition) is 6. The zero-order valence-electron chi connectivity index (χ0n) is 14.9. The van der Waals surface area contributed by atoms with E-state index in [1.807, 2.05) is 28.8 Å². The summed E-state index contributed by atoms with van der Waals surface area (Å²) in [5.74, 6) is 1.98. The molecule has 6 nitrogen and oxygen atoms in total. The lowest BCUT2D eigenvalue weighted by molar-refractivity contribution is 0.325. The van der Waals surface area contributed by atoms with Gasteiger partial charge in [-0.3, -0.25) is 9.55 Å². The highest BCUT2D eigenvalue weighted by Crippen LogP contribution is 2.25. The van der Waals surface area contributed by atoms with Crippen LogP contribution in [0.3, 0.4) is 0 Å². The molecule has 28 heavy (non-hydrogen) atoms. The lowest BCUT2D eigenvalue weighted by Gasteiger charge is -2.09. The molecule has 0 atom stereocenters. The number of aromatic nitrogens is 4. The molecule has 1 aromatic carbocycles. The first-order chi connectivity index (χ1) is 13.8. The fraction of sp³-hybridized carbons (Fsp3) is 0.150. The largest absolute Gasteiger partial charge is 0.490 e. The van der Waals surface area contributed by atoms with Crippen LogP contribution in [0, 0.1) is 5.82 Å². The number of pyridine rings is 1. The van der Waals surface area contributed by atoms with Crippen LogP contribution in [-0.4, -0.2) is 32.1 Å². The summed E-state index contributed by atoms with van der Waals surface area (Å²) in [6.07, 6.45) is 5.10. The maximum absolute atomic E-state index is 13.6. The minimum absolute atomic E-state index is 0.246. The molecule has 3 aromatic heterocycles. The summed E-state index contributed by atoms with van der Waals surface area (Å²) in [5.41, 5.74) is 0.871.